The Bertz CT molecular complexity index is 180. The minimum absolute atomic E-state index is 0.0823. The van der Waals surface area contributed by atoms with E-state index in [4.69, 9.17) is 4.74 Å². The maximum absolute atomic E-state index is 10.8. The summed E-state index contributed by atoms with van der Waals surface area (Å²) in [6.45, 7) is 9.12. The molecule has 0 aromatic rings. The molecule has 0 heterocycles. The largest absolute Gasteiger partial charge is 0.463 e. The summed E-state index contributed by atoms with van der Waals surface area (Å²) < 4.78 is 4.72. The molecule has 3 heteroatoms. The number of carbonyl (C=O) groups excluding carboxylic acids is 1. The Labute approximate surface area is 80.2 Å². The van der Waals surface area contributed by atoms with E-state index in [1.54, 1.807) is 13.0 Å². The molecule has 1 N–H and O–H groups in total. The van der Waals surface area contributed by atoms with Crippen LogP contribution in [0.4, 0.5) is 0 Å². The molecule has 0 bridgehead atoms. The first kappa shape index (κ1) is 12.2. The molecule has 0 atom stereocenters. The van der Waals surface area contributed by atoms with Gasteiger partial charge in [0, 0.05) is 18.2 Å². The van der Waals surface area contributed by atoms with E-state index in [0.717, 1.165) is 0 Å². The molecular formula is C10H19NO2. The zero-order valence-electron chi connectivity index (χ0n) is 8.89. The molecule has 0 aliphatic rings. The molecule has 3 nitrogen and oxygen atoms in total. The Morgan fingerprint density at radius 3 is 2.54 bits per heavy atom. The van der Waals surface area contributed by atoms with Crippen molar-refractivity contribution in [2.75, 3.05) is 13.2 Å². The average molecular weight is 185 g/mol. The molecule has 13 heavy (non-hydrogen) atoms. The van der Waals surface area contributed by atoms with Gasteiger partial charge in [0.25, 0.3) is 0 Å². The number of carbonyl (C=O) groups is 1. The average Bonchev–Trinajstić information content (AvgIpc) is 1.97. The van der Waals surface area contributed by atoms with E-state index >= 15 is 0 Å². The molecule has 0 fully saturated rings. The molecule has 0 radical (unpaired) electrons. The van der Waals surface area contributed by atoms with Gasteiger partial charge in [0.2, 0.25) is 0 Å². The molecule has 0 amide bonds. The second kappa shape index (κ2) is 5.75. The molecule has 0 saturated heterocycles. The minimum Gasteiger partial charge on any atom is -0.463 e. The van der Waals surface area contributed by atoms with Crippen LogP contribution in [0.15, 0.2) is 12.2 Å². The molecule has 0 rings (SSSR count). The highest BCUT2D eigenvalue weighted by Gasteiger charge is 2.05. The van der Waals surface area contributed by atoms with Gasteiger partial charge in [-0.1, -0.05) is 6.08 Å². The summed E-state index contributed by atoms with van der Waals surface area (Å²) >= 11 is 0. The van der Waals surface area contributed by atoms with Gasteiger partial charge in [0.15, 0.2) is 0 Å². The van der Waals surface area contributed by atoms with Crippen molar-refractivity contribution in [3.63, 3.8) is 0 Å². The molecule has 0 aliphatic carbocycles. The van der Waals surface area contributed by atoms with Gasteiger partial charge in [-0.05, 0) is 27.7 Å². The molecular weight excluding hydrogens is 166 g/mol. The van der Waals surface area contributed by atoms with Crippen molar-refractivity contribution in [3.05, 3.63) is 12.2 Å². The minimum atomic E-state index is -0.279. The van der Waals surface area contributed by atoms with Gasteiger partial charge in [-0.25, -0.2) is 4.79 Å². The summed E-state index contributed by atoms with van der Waals surface area (Å²) in [5.41, 5.74) is 0.0823. The van der Waals surface area contributed by atoms with Gasteiger partial charge in [0.1, 0.15) is 0 Å². The van der Waals surface area contributed by atoms with E-state index in [-0.39, 0.29) is 11.5 Å². The van der Waals surface area contributed by atoms with Crippen LogP contribution in [-0.4, -0.2) is 24.7 Å². The number of esters is 1. The number of hydrogen-bond acceptors (Lipinski definition) is 3. The Balaban J connectivity index is 3.58. The summed E-state index contributed by atoms with van der Waals surface area (Å²) in [4.78, 5) is 10.8. The first-order valence-corrected chi connectivity index (χ1v) is 4.54. The van der Waals surface area contributed by atoms with Gasteiger partial charge in [-0.3, -0.25) is 0 Å². The first-order valence-electron chi connectivity index (χ1n) is 4.54. The second-order valence-corrected chi connectivity index (χ2v) is 3.79. The number of ether oxygens (including phenoxy) is 1. The summed E-state index contributed by atoms with van der Waals surface area (Å²) in [6.07, 6.45) is 3.21. The molecule has 0 spiro atoms. The van der Waals surface area contributed by atoms with Gasteiger partial charge >= 0.3 is 5.97 Å². The molecule has 0 aromatic carbocycles. The lowest BCUT2D eigenvalue weighted by Crippen LogP contribution is -2.35. The van der Waals surface area contributed by atoms with E-state index < -0.39 is 0 Å². The Morgan fingerprint density at radius 1 is 1.46 bits per heavy atom. The molecule has 0 aliphatic heterocycles. The Hall–Kier alpha value is -0.830. The van der Waals surface area contributed by atoms with E-state index in [2.05, 4.69) is 26.1 Å². The van der Waals surface area contributed by atoms with Crippen LogP contribution >= 0.6 is 0 Å². The van der Waals surface area contributed by atoms with Crippen LogP contribution < -0.4 is 5.32 Å². The maximum Gasteiger partial charge on any atom is 0.330 e. The lowest BCUT2D eigenvalue weighted by Gasteiger charge is -2.18. The van der Waals surface area contributed by atoms with Crippen molar-refractivity contribution in [1.82, 2.24) is 5.32 Å². The summed E-state index contributed by atoms with van der Waals surface area (Å²) in [6, 6.07) is 0. The third-order valence-corrected chi connectivity index (χ3v) is 1.29. The SMILES string of the molecule is CCOC(=O)C=CCNC(C)(C)C. The van der Waals surface area contributed by atoms with E-state index in [9.17, 15) is 4.79 Å². The second-order valence-electron chi connectivity index (χ2n) is 3.79. The van der Waals surface area contributed by atoms with Crippen LogP contribution in [0.1, 0.15) is 27.7 Å². The van der Waals surface area contributed by atoms with Crippen molar-refractivity contribution >= 4 is 5.97 Å². The highest BCUT2D eigenvalue weighted by atomic mass is 16.5. The third-order valence-electron chi connectivity index (χ3n) is 1.29. The molecule has 0 aromatic heterocycles. The predicted molar refractivity (Wildman–Crippen MR) is 53.5 cm³/mol. The Morgan fingerprint density at radius 2 is 2.08 bits per heavy atom. The number of hydrogen-bond donors (Lipinski definition) is 1. The van der Waals surface area contributed by atoms with E-state index in [0.29, 0.717) is 13.2 Å². The van der Waals surface area contributed by atoms with Crippen molar-refractivity contribution in [2.45, 2.75) is 33.2 Å². The van der Waals surface area contributed by atoms with Crippen LogP contribution in [0.3, 0.4) is 0 Å². The van der Waals surface area contributed by atoms with Crippen LogP contribution in [0.25, 0.3) is 0 Å². The molecule has 76 valence electrons. The summed E-state index contributed by atoms with van der Waals surface area (Å²) in [5.74, 6) is -0.279. The van der Waals surface area contributed by atoms with Gasteiger partial charge in [0.05, 0.1) is 6.61 Å². The van der Waals surface area contributed by atoms with Crippen LogP contribution in [0, 0.1) is 0 Å². The summed E-state index contributed by atoms with van der Waals surface area (Å²) in [5, 5.41) is 3.22. The monoisotopic (exact) mass is 185 g/mol. The van der Waals surface area contributed by atoms with Crippen molar-refractivity contribution < 1.29 is 9.53 Å². The number of rotatable bonds is 4. The van der Waals surface area contributed by atoms with Crippen molar-refractivity contribution in [1.29, 1.82) is 0 Å². The molecule has 0 unspecified atom stereocenters. The first-order chi connectivity index (χ1) is 5.95. The van der Waals surface area contributed by atoms with Crippen LogP contribution in [0.2, 0.25) is 0 Å². The van der Waals surface area contributed by atoms with Gasteiger partial charge < -0.3 is 10.1 Å². The van der Waals surface area contributed by atoms with Crippen LogP contribution in [-0.2, 0) is 9.53 Å². The smallest absolute Gasteiger partial charge is 0.330 e. The van der Waals surface area contributed by atoms with Gasteiger partial charge in [-0.15, -0.1) is 0 Å². The quantitative estimate of drug-likeness (QED) is 0.532. The van der Waals surface area contributed by atoms with E-state index in [1.807, 2.05) is 0 Å². The fourth-order valence-electron chi connectivity index (χ4n) is 0.711. The zero-order chi connectivity index (χ0) is 10.3. The maximum atomic E-state index is 10.8. The third kappa shape index (κ3) is 9.08. The van der Waals surface area contributed by atoms with Crippen molar-refractivity contribution in [2.24, 2.45) is 0 Å². The van der Waals surface area contributed by atoms with Gasteiger partial charge in [-0.2, -0.15) is 0 Å². The fraction of sp³-hybridized carbons (Fsp3) is 0.700. The highest BCUT2D eigenvalue weighted by Crippen LogP contribution is 1.96. The predicted octanol–water partition coefficient (Wildman–Crippen LogP) is 1.49. The lowest BCUT2D eigenvalue weighted by molar-refractivity contribution is -0.137. The topological polar surface area (TPSA) is 38.3 Å². The molecule has 0 saturated carbocycles. The van der Waals surface area contributed by atoms with Crippen molar-refractivity contribution in [3.8, 4) is 0 Å². The summed E-state index contributed by atoms with van der Waals surface area (Å²) in [7, 11) is 0. The standard InChI is InChI=1S/C10H19NO2/c1-5-13-9(12)7-6-8-11-10(2,3)4/h6-7,11H,5,8H2,1-4H3. The Kier molecular flexibility index (Phi) is 5.39. The van der Waals surface area contributed by atoms with E-state index in [1.165, 1.54) is 6.08 Å². The zero-order valence-corrected chi connectivity index (χ0v) is 8.89. The normalized spacial score (nSPS) is 12.0. The lowest BCUT2D eigenvalue weighted by atomic mass is 10.1. The van der Waals surface area contributed by atoms with Crippen LogP contribution in [0.5, 0.6) is 0 Å². The fourth-order valence-corrected chi connectivity index (χ4v) is 0.711. The number of nitrogens with one attached hydrogen (secondary N) is 1. The highest BCUT2D eigenvalue weighted by molar-refractivity contribution is 5.81.